The van der Waals surface area contributed by atoms with Gasteiger partial charge in [0.05, 0.1) is 17.8 Å². The lowest BCUT2D eigenvalue weighted by molar-refractivity contribution is 0.115. The SMILES string of the molecule is CO[C@@H]1CCN(S(=O)(=O)c2cccc3nsnc23)C1. The Morgan fingerprint density at radius 3 is 3.00 bits per heavy atom. The van der Waals surface area contributed by atoms with Gasteiger partial charge in [-0.1, -0.05) is 6.07 Å². The fourth-order valence-electron chi connectivity index (χ4n) is 2.24. The van der Waals surface area contributed by atoms with Crippen LogP contribution in [-0.4, -0.2) is 47.8 Å². The fraction of sp³-hybridized carbons (Fsp3) is 0.455. The van der Waals surface area contributed by atoms with E-state index in [4.69, 9.17) is 4.74 Å². The second-order valence-corrected chi connectivity index (χ2v) is 6.83. The average molecular weight is 299 g/mol. The largest absolute Gasteiger partial charge is 0.380 e. The van der Waals surface area contributed by atoms with Gasteiger partial charge in [0.15, 0.2) is 0 Å². The topological polar surface area (TPSA) is 72.4 Å². The Hall–Kier alpha value is -1.09. The summed E-state index contributed by atoms with van der Waals surface area (Å²) >= 11 is 1.02. The van der Waals surface area contributed by atoms with Crippen LogP contribution in [0.25, 0.3) is 11.0 Å². The summed E-state index contributed by atoms with van der Waals surface area (Å²) in [5.41, 5.74) is 1.07. The molecule has 0 bridgehead atoms. The maximum atomic E-state index is 12.6. The van der Waals surface area contributed by atoms with Crippen LogP contribution in [0.15, 0.2) is 23.1 Å². The molecule has 1 aromatic heterocycles. The van der Waals surface area contributed by atoms with Gasteiger partial charge in [-0.2, -0.15) is 13.1 Å². The zero-order valence-corrected chi connectivity index (χ0v) is 11.9. The van der Waals surface area contributed by atoms with Crippen molar-refractivity contribution in [2.24, 2.45) is 0 Å². The van der Waals surface area contributed by atoms with Gasteiger partial charge in [0, 0.05) is 20.2 Å². The van der Waals surface area contributed by atoms with E-state index in [0.717, 1.165) is 18.1 Å². The average Bonchev–Trinajstić information content (AvgIpc) is 3.06. The highest BCUT2D eigenvalue weighted by Crippen LogP contribution is 2.27. The smallest absolute Gasteiger partial charge is 0.245 e. The van der Waals surface area contributed by atoms with Crippen molar-refractivity contribution in [1.29, 1.82) is 0 Å². The predicted octanol–water partition coefficient (Wildman–Crippen LogP) is 1.10. The number of rotatable bonds is 3. The van der Waals surface area contributed by atoms with Gasteiger partial charge in [-0.15, -0.1) is 0 Å². The summed E-state index contributed by atoms with van der Waals surface area (Å²) in [5.74, 6) is 0. The van der Waals surface area contributed by atoms with Crippen LogP contribution in [0.1, 0.15) is 6.42 Å². The maximum Gasteiger partial charge on any atom is 0.245 e. The first-order valence-corrected chi connectivity index (χ1v) is 8.04. The lowest BCUT2D eigenvalue weighted by Gasteiger charge is -2.16. The number of methoxy groups -OCH3 is 1. The maximum absolute atomic E-state index is 12.6. The molecule has 0 aliphatic carbocycles. The Balaban J connectivity index is 2.03. The molecular weight excluding hydrogens is 286 g/mol. The number of hydrogen-bond acceptors (Lipinski definition) is 6. The van der Waals surface area contributed by atoms with E-state index < -0.39 is 10.0 Å². The standard InChI is InChI=1S/C11H13N3O3S2/c1-17-8-5-6-14(7-8)19(15,16)10-4-2-3-9-11(10)13-18-12-9/h2-4,8H,5-7H2,1H3/t8-/m1/s1. The molecule has 1 fully saturated rings. The molecule has 8 heteroatoms. The monoisotopic (exact) mass is 299 g/mol. The van der Waals surface area contributed by atoms with E-state index in [2.05, 4.69) is 8.75 Å². The highest BCUT2D eigenvalue weighted by Gasteiger charge is 2.34. The zero-order valence-electron chi connectivity index (χ0n) is 10.3. The van der Waals surface area contributed by atoms with E-state index in [1.807, 2.05) is 0 Å². The van der Waals surface area contributed by atoms with Crippen LogP contribution in [-0.2, 0) is 14.8 Å². The highest BCUT2D eigenvalue weighted by atomic mass is 32.2. The van der Waals surface area contributed by atoms with Crippen molar-refractivity contribution in [2.75, 3.05) is 20.2 Å². The molecule has 1 aliphatic heterocycles. The molecule has 0 radical (unpaired) electrons. The molecule has 1 aliphatic rings. The summed E-state index contributed by atoms with van der Waals surface area (Å²) in [6, 6.07) is 5.04. The summed E-state index contributed by atoms with van der Waals surface area (Å²) in [7, 11) is -1.92. The summed E-state index contributed by atoms with van der Waals surface area (Å²) < 4.78 is 40.1. The Labute approximate surface area is 115 Å². The van der Waals surface area contributed by atoms with Gasteiger partial charge in [0.25, 0.3) is 0 Å². The van der Waals surface area contributed by atoms with Crippen molar-refractivity contribution in [3.63, 3.8) is 0 Å². The summed E-state index contributed by atoms with van der Waals surface area (Å²) in [6.45, 7) is 0.877. The molecule has 1 atom stereocenters. The van der Waals surface area contributed by atoms with Gasteiger partial charge >= 0.3 is 0 Å². The molecule has 2 heterocycles. The number of ether oxygens (including phenoxy) is 1. The van der Waals surface area contributed by atoms with Gasteiger partial charge in [0.1, 0.15) is 15.9 Å². The molecule has 6 nitrogen and oxygen atoms in total. The lowest BCUT2D eigenvalue weighted by atomic mass is 10.3. The molecule has 1 saturated heterocycles. The lowest BCUT2D eigenvalue weighted by Crippen LogP contribution is -2.30. The first-order chi connectivity index (χ1) is 9.13. The second-order valence-electron chi connectivity index (χ2n) is 4.40. The number of benzene rings is 1. The van der Waals surface area contributed by atoms with Crippen molar-refractivity contribution in [1.82, 2.24) is 13.1 Å². The van der Waals surface area contributed by atoms with Gasteiger partial charge in [0.2, 0.25) is 10.0 Å². The van der Waals surface area contributed by atoms with Crippen LogP contribution in [0.3, 0.4) is 0 Å². The molecule has 0 amide bonds. The Morgan fingerprint density at radius 2 is 2.26 bits per heavy atom. The van der Waals surface area contributed by atoms with Crippen molar-refractivity contribution in [3.05, 3.63) is 18.2 Å². The molecule has 0 N–H and O–H groups in total. The number of hydrogen-bond donors (Lipinski definition) is 0. The van der Waals surface area contributed by atoms with E-state index in [-0.39, 0.29) is 11.0 Å². The van der Waals surface area contributed by atoms with E-state index in [1.54, 1.807) is 25.3 Å². The van der Waals surface area contributed by atoms with Crippen molar-refractivity contribution >= 4 is 32.8 Å². The molecule has 3 rings (SSSR count). The highest BCUT2D eigenvalue weighted by molar-refractivity contribution is 7.89. The van der Waals surface area contributed by atoms with E-state index in [0.29, 0.717) is 24.1 Å². The third-order valence-electron chi connectivity index (χ3n) is 3.31. The third kappa shape index (κ3) is 2.14. The van der Waals surface area contributed by atoms with Crippen LogP contribution < -0.4 is 0 Å². The number of aromatic nitrogens is 2. The fourth-order valence-corrected chi connectivity index (χ4v) is 4.48. The minimum atomic E-state index is -3.52. The first kappa shape index (κ1) is 12.9. The van der Waals surface area contributed by atoms with Gasteiger partial charge in [-0.05, 0) is 18.6 Å². The minimum Gasteiger partial charge on any atom is -0.380 e. The van der Waals surface area contributed by atoms with Crippen LogP contribution >= 0.6 is 11.7 Å². The normalized spacial score (nSPS) is 21.2. The van der Waals surface area contributed by atoms with Crippen LogP contribution in [0.4, 0.5) is 0 Å². The van der Waals surface area contributed by atoms with Crippen LogP contribution in [0, 0.1) is 0 Å². The van der Waals surface area contributed by atoms with Gasteiger partial charge < -0.3 is 4.74 Å². The molecule has 0 saturated carbocycles. The van der Waals surface area contributed by atoms with E-state index in [1.165, 1.54) is 4.31 Å². The van der Waals surface area contributed by atoms with Gasteiger partial charge in [-0.25, -0.2) is 8.42 Å². The third-order valence-corrected chi connectivity index (χ3v) is 5.75. The Kier molecular flexibility index (Phi) is 3.25. The summed E-state index contributed by atoms with van der Waals surface area (Å²) in [4.78, 5) is 0.232. The molecule has 102 valence electrons. The first-order valence-electron chi connectivity index (χ1n) is 5.87. The molecular formula is C11H13N3O3S2. The summed E-state index contributed by atoms with van der Waals surface area (Å²) in [5, 5.41) is 0. The van der Waals surface area contributed by atoms with Crippen molar-refractivity contribution < 1.29 is 13.2 Å². The molecule has 2 aromatic rings. The molecule has 1 aromatic carbocycles. The van der Waals surface area contributed by atoms with Gasteiger partial charge in [-0.3, -0.25) is 0 Å². The molecule has 19 heavy (non-hydrogen) atoms. The molecule has 0 unspecified atom stereocenters. The second kappa shape index (κ2) is 4.78. The van der Waals surface area contributed by atoms with E-state index >= 15 is 0 Å². The van der Waals surface area contributed by atoms with Crippen LogP contribution in [0.5, 0.6) is 0 Å². The number of sulfonamides is 1. The van der Waals surface area contributed by atoms with Crippen molar-refractivity contribution in [2.45, 2.75) is 17.4 Å². The van der Waals surface area contributed by atoms with Crippen LogP contribution in [0.2, 0.25) is 0 Å². The van der Waals surface area contributed by atoms with E-state index in [9.17, 15) is 8.42 Å². The predicted molar refractivity (Wildman–Crippen MR) is 71.6 cm³/mol. The van der Waals surface area contributed by atoms with Crippen molar-refractivity contribution in [3.8, 4) is 0 Å². The summed E-state index contributed by atoms with van der Waals surface area (Å²) in [6.07, 6.45) is 0.698. The Bertz CT molecular complexity index is 698. The minimum absolute atomic E-state index is 0.0254. The quantitative estimate of drug-likeness (QED) is 0.848. The molecule has 0 spiro atoms. The number of nitrogens with zero attached hydrogens (tertiary/aromatic N) is 3. The zero-order chi connectivity index (χ0) is 13.5. The Morgan fingerprint density at radius 1 is 1.42 bits per heavy atom. The number of fused-ring (bicyclic) bond motifs is 1.